The van der Waals surface area contributed by atoms with Gasteiger partial charge in [-0.15, -0.1) is 12.4 Å². The van der Waals surface area contributed by atoms with Gasteiger partial charge in [0.15, 0.2) is 0 Å². The lowest BCUT2D eigenvalue weighted by atomic mass is 9.92. The van der Waals surface area contributed by atoms with Gasteiger partial charge < -0.3 is 10.5 Å². The molecule has 11 heteroatoms. The molecule has 2 aromatic carbocycles. The second kappa shape index (κ2) is 11.4. The molecule has 0 aliphatic carbocycles. The Morgan fingerprint density at radius 3 is 2.53 bits per heavy atom. The van der Waals surface area contributed by atoms with Crippen molar-refractivity contribution in [1.82, 2.24) is 14.5 Å². The summed E-state index contributed by atoms with van der Waals surface area (Å²) >= 11 is 0. The Kier molecular flexibility index (Phi) is 9.14. The smallest absolute Gasteiger partial charge is 0.243 e. The Hall–Kier alpha value is -2.53. The Labute approximate surface area is 192 Å². The van der Waals surface area contributed by atoms with E-state index in [0.29, 0.717) is 17.7 Å². The van der Waals surface area contributed by atoms with Crippen molar-refractivity contribution in [3.8, 4) is 5.75 Å². The first-order chi connectivity index (χ1) is 14.8. The largest absolute Gasteiger partial charge is 0.492 e. The molecule has 32 heavy (non-hydrogen) atoms. The predicted octanol–water partition coefficient (Wildman–Crippen LogP) is 2.76. The summed E-state index contributed by atoms with van der Waals surface area (Å²) in [4.78, 5) is 0.0802. The number of benzene rings is 2. The highest BCUT2D eigenvalue weighted by Gasteiger charge is 2.16. The average molecular weight is 487 g/mol. The van der Waals surface area contributed by atoms with Crippen molar-refractivity contribution in [2.45, 2.75) is 17.2 Å². The summed E-state index contributed by atoms with van der Waals surface area (Å²) in [7, 11) is -2.02. The summed E-state index contributed by atoms with van der Waals surface area (Å²) in [6, 6.07) is 10.6. The van der Waals surface area contributed by atoms with E-state index in [1.807, 2.05) is 6.07 Å². The van der Waals surface area contributed by atoms with E-state index in [1.165, 1.54) is 29.2 Å². The summed E-state index contributed by atoms with van der Waals surface area (Å²) in [5.74, 6) is -0.871. The van der Waals surface area contributed by atoms with Crippen LogP contribution in [0.25, 0.3) is 0 Å². The van der Waals surface area contributed by atoms with E-state index in [2.05, 4.69) is 9.82 Å². The molecule has 3 rings (SSSR count). The number of hydrogen-bond acceptors (Lipinski definition) is 5. The van der Waals surface area contributed by atoms with Crippen LogP contribution in [0.1, 0.15) is 17.0 Å². The first-order valence-corrected chi connectivity index (χ1v) is 11.1. The van der Waals surface area contributed by atoms with Crippen LogP contribution in [0.3, 0.4) is 0 Å². The van der Waals surface area contributed by atoms with E-state index in [-0.39, 0.29) is 42.9 Å². The number of ether oxygens (including phenoxy) is 1. The highest BCUT2D eigenvalue weighted by molar-refractivity contribution is 7.89. The maximum atomic E-state index is 13.5. The first-order valence-electron chi connectivity index (χ1n) is 9.63. The van der Waals surface area contributed by atoms with E-state index in [4.69, 9.17) is 10.5 Å². The quantitative estimate of drug-likeness (QED) is 0.429. The van der Waals surface area contributed by atoms with Gasteiger partial charge in [0, 0.05) is 31.8 Å². The Bertz CT molecular complexity index is 1120. The maximum absolute atomic E-state index is 13.5. The van der Waals surface area contributed by atoms with Crippen LogP contribution in [0.15, 0.2) is 59.8 Å². The van der Waals surface area contributed by atoms with Gasteiger partial charge in [-0.3, -0.25) is 4.68 Å². The second-order valence-corrected chi connectivity index (χ2v) is 8.85. The first kappa shape index (κ1) is 25.7. The monoisotopic (exact) mass is 486 g/mol. The fourth-order valence-corrected chi connectivity index (χ4v) is 4.17. The molecule has 0 fully saturated rings. The third-order valence-corrected chi connectivity index (χ3v) is 6.09. The molecule has 1 heterocycles. The van der Waals surface area contributed by atoms with E-state index in [9.17, 15) is 17.2 Å². The fraction of sp³-hybridized carbons (Fsp3) is 0.286. The number of nitrogens with zero attached hydrogens (tertiary/aromatic N) is 2. The van der Waals surface area contributed by atoms with Crippen molar-refractivity contribution >= 4 is 22.4 Å². The summed E-state index contributed by atoms with van der Waals surface area (Å²) in [5.41, 5.74) is 7.27. The third-order valence-electron chi connectivity index (χ3n) is 4.67. The number of aromatic nitrogens is 2. The van der Waals surface area contributed by atoms with Crippen LogP contribution >= 0.6 is 12.4 Å². The SMILES string of the molecule is Cl.Cn1cc(S(=O)(=O)NCCOc2cccc(C(CN)Cc3cc(F)cc(F)c3)c2)cn1. The molecule has 0 spiro atoms. The van der Waals surface area contributed by atoms with Gasteiger partial charge in [0.1, 0.15) is 28.9 Å². The van der Waals surface area contributed by atoms with Gasteiger partial charge in [-0.1, -0.05) is 12.1 Å². The molecule has 1 unspecified atom stereocenters. The Morgan fingerprint density at radius 2 is 1.91 bits per heavy atom. The number of nitrogens with one attached hydrogen (secondary N) is 1. The van der Waals surface area contributed by atoms with Crippen LogP contribution in [-0.4, -0.2) is 37.9 Å². The summed E-state index contributed by atoms with van der Waals surface area (Å²) in [6.45, 7) is 0.474. The van der Waals surface area contributed by atoms with Crippen molar-refractivity contribution in [3.05, 3.63) is 77.6 Å². The number of rotatable bonds is 10. The normalized spacial score (nSPS) is 12.2. The van der Waals surface area contributed by atoms with Gasteiger partial charge >= 0.3 is 0 Å². The number of sulfonamides is 1. The van der Waals surface area contributed by atoms with E-state index >= 15 is 0 Å². The maximum Gasteiger partial charge on any atom is 0.243 e. The van der Waals surface area contributed by atoms with Gasteiger partial charge in [-0.05, 0) is 48.4 Å². The standard InChI is InChI=1S/C21H24F2N4O3S.ClH/c1-27-14-21(13-25-27)31(28,29)26-5-6-30-20-4-2-3-16(10-20)17(12-24)7-15-8-18(22)11-19(23)9-15;/h2-4,8-11,13-14,17,26H,5-7,12,24H2,1H3;1H. The van der Waals surface area contributed by atoms with Gasteiger partial charge in [-0.2, -0.15) is 5.10 Å². The highest BCUT2D eigenvalue weighted by atomic mass is 35.5. The van der Waals surface area contributed by atoms with E-state index in [0.717, 1.165) is 11.6 Å². The molecule has 0 bridgehead atoms. The topological polar surface area (TPSA) is 99.2 Å². The van der Waals surface area contributed by atoms with Gasteiger partial charge in [-0.25, -0.2) is 21.9 Å². The number of halogens is 3. The molecule has 3 aromatic rings. The van der Waals surface area contributed by atoms with E-state index in [1.54, 1.807) is 25.2 Å². The second-order valence-electron chi connectivity index (χ2n) is 7.08. The van der Waals surface area contributed by atoms with Crippen molar-refractivity contribution in [3.63, 3.8) is 0 Å². The number of hydrogen-bond donors (Lipinski definition) is 2. The molecule has 0 aliphatic rings. The van der Waals surface area contributed by atoms with Crippen LogP contribution in [0.5, 0.6) is 5.75 Å². The average Bonchev–Trinajstić information content (AvgIpc) is 3.16. The highest BCUT2D eigenvalue weighted by Crippen LogP contribution is 2.24. The third kappa shape index (κ3) is 6.99. The van der Waals surface area contributed by atoms with Crippen LogP contribution in [0, 0.1) is 11.6 Å². The molecular weight excluding hydrogens is 462 g/mol. The van der Waals surface area contributed by atoms with Crippen molar-refractivity contribution in [2.75, 3.05) is 19.7 Å². The zero-order valence-electron chi connectivity index (χ0n) is 17.4. The lowest BCUT2D eigenvalue weighted by Crippen LogP contribution is -2.28. The summed E-state index contributed by atoms with van der Waals surface area (Å²) in [5, 5.41) is 3.85. The lowest BCUT2D eigenvalue weighted by Gasteiger charge is -2.17. The Morgan fingerprint density at radius 1 is 1.19 bits per heavy atom. The molecule has 0 amide bonds. The molecule has 0 saturated heterocycles. The molecule has 3 N–H and O–H groups in total. The zero-order chi connectivity index (χ0) is 22.4. The number of aryl methyl sites for hydroxylation is 1. The molecule has 7 nitrogen and oxygen atoms in total. The van der Waals surface area contributed by atoms with Crippen LogP contribution in [0.4, 0.5) is 8.78 Å². The van der Waals surface area contributed by atoms with Gasteiger partial charge in [0.2, 0.25) is 10.0 Å². The molecule has 0 radical (unpaired) electrons. The summed E-state index contributed by atoms with van der Waals surface area (Å²) in [6.07, 6.45) is 3.05. The molecular formula is C21H25ClF2N4O3S. The zero-order valence-corrected chi connectivity index (χ0v) is 19.0. The van der Waals surface area contributed by atoms with Gasteiger partial charge in [0.05, 0.1) is 6.20 Å². The molecule has 0 aliphatic heterocycles. The molecule has 174 valence electrons. The molecule has 1 aromatic heterocycles. The summed E-state index contributed by atoms with van der Waals surface area (Å²) < 4.78 is 60.8. The molecule has 1 atom stereocenters. The number of nitrogens with two attached hydrogens (primary N) is 1. The van der Waals surface area contributed by atoms with E-state index < -0.39 is 21.7 Å². The fourth-order valence-electron chi connectivity index (χ4n) is 3.17. The minimum absolute atomic E-state index is 0. The molecule has 0 saturated carbocycles. The minimum atomic E-state index is -3.65. The minimum Gasteiger partial charge on any atom is -0.492 e. The van der Waals surface area contributed by atoms with Crippen molar-refractivity contribution in [2.24, 2.45) is 12.8 Å². The predicted molar refractivity (Wildman–Crippen MR) is 119 cm³/mol. The lowest BCUT2D eigenvalue weighted by molar-refractivity contribution is 0.322. The van der Waals surface area contributed by atoms with Gasteiger partial charge in [0.25, 0.3) is 0 Å². The van der Waals surface area contributed by atoms with Crippen LogP contribution in [0.2, 0.25) is 0 Å². The van der Waals surface area contributed by atoms with Crippen LogP contribution in [-0.2, 0) is 23.5 Å². The van der Waals surface area contributed by atoms with Crippen molar-refractivity contribution in [1.29, 1.82) is 0 Å². The van der Waals surface area contributed by atoms with Crippen molar-refractivity contribution < 1.29 is 21.9 Å². The Balaban J connectivity index is 0.00000363. The van der Waals surface area contributed by atoms with Crippen LogP contribution < -0.4 is 15.2 Å².